The van der Waals surface area contributed by atoms with Crippen molar-refractivity contribution in [3.05, 3.63) is 30.0 Å². The molecule has 0 bridgehead atoms. The lowest BCUT2D eigenvalue weighted by Crippen LogP contribution is -2.43. The van der Waals surface area contributed by atoms with Crippen LogP contribution in [0.25, 0.3) is 10.9 Å². The lowest BCUT2D eigenvalue weighted by Gasteiger charge is -2.23. The maximum atomic E-state index is 12.1. The largest absolute Gasteiger partial charge is 0.348 e. The van der Waals surface area contributed by atoms with Gasteiger partial charge in [-0.25, -0.2) is 8.42 Å². The zero-order valence-electron chi connectivity index (χ0n) is 10.8. The number of carbonyl (C=O) groups excluding carboxylic acids is 1. The fourth-order valence-corrected chi connectivity index (χ4v) is 4.12. The van der Waals surface area contributed by atoms with Gasteiger partial charge in [0.25, 0.3) is 5.91 Å². The summed E-state index contributed by atoms with van der Waals surface area (Å²) in [6.07, 6.45) is 2.99. The Bertz CT molecular complexity index is 751. The molecule has 1 aliphatic heterocycles. The number of hydrogen-bond acceptors (Lipinski definition) is 4. The minimum atomic E-state index is -3.02. The van der Waals surface area contributed by atoms with Gasteiger partial charge in [0.1, 0.15) is 0 Å². The maximum absolute atomic E-state index is 12.1. The van der Waals surface area contributed by atoms with Gasteiger partial charge >= 0.3 is 0 Å². The highest BCUT2D eigenvalue weighted by molar-refractivity contribution is 7.91. The third-order valence-electron chi connectivity index (χ3n) is 3.50. The van der Waals surface area contributed by atoms with Crippen LogP contribution in [0.5, 0.6) is 0 Å². The number of H-pyrrole nitrogens is 1. The summed E-state index contributed by atoms with van der Waals surface area (Å²) in [5.74, 6) is 0.00781. The van der Waals surface area contributed by atoms with E-state index < -0.39 is 9.84 Å². The third-order valence-corrected chi connectivity index (χ3v) is 5.32. The molecule has 6 nitrogen and oxygen atoms in total. The van der Waals surface area contributed by atoms with Gasteiger partial charge in [-0.2, -0.15) is 5.10 Å². The first-order valence-corrected chi connectivity index (χ1v) is 8.30. The number of carbonyl (C=O) groups is 1. The molecule has 1 saturated heterocycles. The van der Waals surface area contributed by atoms with E-state index in [0.717, 1.165) is 10.9 Å². The van der Waals surface area contributed by atoms with Gasteiger partial charge in [0.05, 0.1) is 23.2 Å². The number of hydrogen-bond donors (Lipinski definition) is 2. The van der Waals surface area contributed by atoms with Gasteiger partial charge in [-0.3, -0.25) is 9.89 Å². The molecule has 1 fully saturated rings. The monoisotopic (exact) mass is 293 g/mol. The molecule has 1 aromatic heterocycles. The summed E-state index contributed by atoms with van der Waals surface area (Å²) in [6.45, 7) is 0. The molecular weight excluding hydrogens is 278 g/mol. The van der Waals surface area contributed by atoms with E-state index in [9.17, 15) is 13.2 Å². The first kappa shape index (κ1) is 13.1. The van der Waals surface area contributed by atoms with Gasteiger partial charge in [0, 0.05) is 17.0 Å². The number of nitrogens with zero attached hydrogens (tertiary/aromatic N) is 1. The molecule has 2 N–H and O–H groups in total. The summed E-state index contributed by atoms with van der Waals surface area (Å²) in [6, 6.07) is 4.95. The molecule has 0 saturated carbocycles. The minimum absolute atomic E-state index is 0.0328. The Morgan fingerprint density at radius 1 is 1.40 bits per heavy atom. The molecule has 1 atom stereocenters. The number of sulfone groups is 1. The Morgan fingerprint density at radius 3 is 3.05 bits per heavy atom. The zero-order valence-corrected chi connectivity index (χ0v) is 11.6. The van der Waals surface area contributed by atoms with E-state index in [-0.39, 0.29) is 23.5 Å². The van der Waals surface area contributed by atoms with Crippen LogP contribution in [-0.4, -0.2) is 42.1 Å². The number of aromatic nitrogens is 2. The molecule has 0 radical (unpaired) electrons. The van der Waals surface area contributed by atoms with Crippen molar-refractivity contribution in [2.45, 2.75) is 18.9 Å². The van der Waals surface area contributed by atoms with Gasteiger partial charge in [-0.15, -0.1) is 0 Å². The first-order chi connectivity index (χ1) is 9.53. The van der Waals surface area contributed by atoms with Crippen LogP contribution in [0.1, 0.15) is 23.2 Å². The number of benzene rings is 1. The highest BCUT2D eigenvalue weighted by Gasteiger charge is 2.26. The average molecular weight is 293 g/mol. The fraction of sp³-hybridized carbons (Fsp3) is 0.385. The summed E-state index contributed by atoms with van der Waals surface area (Å²) in [5.41, 5.74) is 1.29. The van der Waals surface area contributed by atoms with E-state index in [1.165, 1.54) is 0 Å². The van der Waals surface area contributed by atoms with E-state index in [1.807, 2.05) is 6.07 Å². The molecule has 0 spiro atoms. The molecule has 106 valence electrons. The van der Waals surface area contributed by atoms with Gasteiger partial charge in [-0.05, 0) is 25.0 Å². The van der Waals surface area contributed by atoms with Crippen molar-refractivity contribution in [2.75, 3.05) is 11.5 Å². The fourth-order valence-electron chi connectivity index (χ4n) is 2.48. The maximum Gasteiger partial charge on any atom is 0.251 e. The topological polar surface area (TPSA) is 91.9 Å². The van der Waals surface area contributed by atoms with Crippen molar-refractivity contribution < 1.29 is 13.2 Å². The molecule has 0 aliphatic carbocycles. The number of rotatable bonds is 2. The molecule has 2 aromatic rings. The van der Waals surface area contributed by atoms with Gasteiger partial charge < -0.3 is 5.32 Å². The smallest absolute Gasteiger partial charge is 0.251 e. The van der Waals surface area contributed by atoms with Crippen molar-refractivity contribution in [1.82, 2.24) is 15.5 Å². The molecule has 1 amide bonds. The predicted octanol–water partition coefficient (Wildman–Crippen LogP) is 0.870. The number of nitrogens with one attached hydrogen (secondary N) is 2. The molecule has 20 heavy (non-hydrogen) atoms. The summed E-state index contributed by atoms with van der Waals surface area (Å²) < 4.78 is 23.1. The number of amides is 1. The normalized spacial score (nSPS) is 21.7. The summed E-state index contributed by atoms with van der Waals surface area (Å²) in [7, 11) is -3.02. The van der Waals surface area contributed by atoms with Crippen LogP contribution in [0.2, 0.25) is 0 Å². The van der Waals surface area contributed by atoms with Gasteiger partial charge in [-0.1, -0.05) is 6.07 Å². The Morgan fingerprint density at radius 2 is 2.25 bits per heavy atom. The molecule has 7 heteroatoms. The van der Waals surface area contributed by atoms with E-state index in [1.54, 1.807) is 18.3 Å². The van der Waals surface area contributed by atoms with Crippen LogP contribution in [0.15, 0.2) is 24.4 Å². The second-order valence-electron chi connectivity index (χ2n) is 5.10. The molecule has 1 aromatic carbocycles. The molecule has 1 unspecified atom stereocenters. The van der Waals surface area contributed by atoms with E-state index in [0.29, 0.717) is 18.4 Å². The first-order valence-electron chi connectivity index (χ1n) is 6.48. The Kier molecular flexibility index (Phi) is 3.21. The second kappa shape index (κ2) is 4.90. The van der Waals surface area contributed by atoms with Crippen LogP contribution in [-0.2, 0) is 9.84 Å². The van der Waals surface area contributed by atoms with Crippen LogP contribution in [0, 0.1) is 0 Å². The predicted molar refractivity (Wildman–Crippen MR) is 75.2 cm³/mol. The SMILES string of the molecule is O=C(NC1CCCS(=O)(=O)C1)c1ccc2cn[nH]c2c1. The van der Waals surface area contributed by atoms with Crippen molar-refractivity contribution in [2.24, 2.45) is 0 Å². The third kappa shape index (κ3) is 2.67. The summed E-state index contributed by atoms with van der Waals surface area (Å²) in [5, 5.41) is 10.4. The Balaban J connectivity index is 1.75. The van der Waals surface area contributed by atoms with E-state index in [4.69, 9.17) is 0 Å². The highest BCUT2D eigenvalue weighted by Crippen LogP contribution is 2.15. The molecule has 3 rings (SSSR count). The average Bonchev–Trinajstić information content (AvgIpc) is 2.84. The van der Waals surface area contributed by atoms with E-state index in [2.05, 4.69) is 15.5 Å². The summed E-state index contributed by atoms with van der Waals surface area (Å²) in [4.78, 5) is 12.1. The van der Waals surface area contributed by atoms with Crippen molar-refractivity contribution in [1.29, 1.82) is 0 Å². The van der Waals surface area contributed by atoms with Crippen LogP contribution >= 0.6 is 0 Å². The molecular formula is C13H15N3O3S. The Labute approximate surface area is 116 Å². The molecule has 2 heterocycles. The quantitative estimate of drug-likeness (QED) is 0.859. The second-order valence-corrected chi connectivity index (χ2v) is 7.33. The standard InChI is InChI=1S/C13H15N3O3S/c17-13(15-11-2-1-5-20(18,19)8-11)9-3-4-10-7-14-16-12(10)6-9/h3-4,6-7,11H,1-2,5,8H2,(H,14,16)(H,15,17). The van der Waals surface area contributed by atoms with Crippen molar-refractivity contribution in [3.63, 3.8) is 0 Å². The van der Waals surface area contributed by atoms with Crippen LogP contribution in [0.4, 0.5) is 0 Å². The Hall–Kier alpha value is -1.89. The zero-order chi connectivity index (χ0) is 14.2. The minimum Gasteiger partial charge on any atom is -0.348 e. The van der Waals surface area contributed by atoms with Gasteiger partial charge in [0.2, 0.25) is 0 Å². The van der Waals surface area contributed by atoms with E-state index >= 15 is 0 Å². The number of fused-ring (bicyclic) bond motifs is 1. The van der Waals surface area contributed by atoms with Crippen LogP contribution in [0.3, 0.4) is 0 Å². The highest BCUT2D eigenvalue weighted by atomic mass is 32.2. The van der Waals surface area contributed by atoms with Crippen molar-refractivity contribution in [3.8, 4) is 0 Å². The number of aromatic amines is 1. The lowest BCUT2D eigenvalue weighted by molar-refractivity contribution is 0.0938. The van der Waals surface area contributed by atoms with Crippen molar-refractivity contribution >= 4 is 26.6 Å². The van der Waals surface area contributed by atoms with Gasteiger partial charge in [0.15, 0.2) is 9.84 Å². The summed E-state index contributed by atoms with van der Waals surface area (Å²) >= 11 is 0. The lowest BCUT2D eigenvalue weighted by atomic mass is 10.1. The molecule has 1 aliphatic rings. The van der Waals surface area contributed by atoms with Crippen LogP contribution < -0.4 is 5.32 Å².